The van der Waals surface area contributed by atoms with E-state index < -0.39 is 0 Å². The van der Waals surface area contributed by atoms with Gasteiger partial charge in [-0.25, -0.2) is 4.31 Å². The van der Waals surface area contributed by atoms with E-state index in [1.807, 2.05) is 31.1 Å². The Morgan fingerprint density at radius 1 is 1.26 bits per heavy atom. The summed E-state index contributed by atoms with van der Waals surface area (Å²) in [6, 6.07) is 8.15. The number of benzene rings is 1. The molecule has 3 nitrogen and oxygen atoms in total. The van der Waals surface area contributed by atoms with Crippen LogP contribution in [0.25, 0.3) is 0 Å². The normalized spacial score (nSPS) is 11.5. The molecule has 0 saturated carbocycles. The Morgan fingerprint density at radius 3 is 2.47 bits per heavy atom. The van der Waals surface area contributed by atoms with Gasteiger partial charge < -0.3 is 10.4 Å². The Kier molecular flexibility index (Phi) is 8.14. The lowest BCUT2D eigenvalue weighted by Crippen LogP contribution is -2.24. The molecule has 0 amide bonds. The number of nitrogens with one attached hydrogen (secondary N) is 1. The molecular weight excluding hydrogens is 256 g/mol. The van der Waals surface area contributed by atoms with Gasteiger partial charge in [0.15, 0.2) is 0 Å². The molecule has 0 heterocycles. The lowest BCUT2D eigenvalue weighted by Gasteiger charge is -2.23. The first-order valence-corrected chi connectivity index (χ1v) is 7.70. The van der Waals surface area contributed by atoms with Crippen LogP contribution in [0.2, 0.25) is 0 Å². The van der Waals surface area contributed by atoms with Crippen molar-refractivity contribution in [1.29, 1.82) is 0 Å². The minimum atomic E-state index is 0.114. The van der Waals surface area contributed by atoms with Gasteiger partial charge in [-0.3, -0.25) is 0 Å². The summed E-state index contributed by atoms with van der Waals surface area (Å²) in [4.78, 5) is 1.24. The second-order valence-electron chi connectivity index (χ2n) is 5.13. The van der Waals surface area contributed by atoms with Crippen LogP contribution in [0.4, 0.5) is 0 Å². The fourth-order valence-corrected chi connectivity index (χ4v) is 2.97. The Bertz CT molecular complexity index is 341. The van der Waals surface area contributed by atoms with Crippen LogP contribution in [-0.4, -0.2) is 36.1 Å². The standard InChI is InChI=1S/C15H26N2OS/c1-13(2)11-17(10-4-9-16-3)19-15-7-5-14(12-18)6-8-15/h5-8,13,16,18H,4,9-12H2,1-3H3. The number of hydrogen-bond acceptors (Lipinski definition) is 4. The molecule has 0 radical (unpaired) electrons. The van der Waals surface area contributed by atoms with Gasteiger partial charge in [0, 0.05) is 18.0 Å². The highest BCUT2D eigenvalue weighted by Crippen LogP contribution is 2.24. The third kappa shape index (κ3) is 6.97. The Hall–Kier alpha value is -0.550. The molecule has 108 valence electrons. The molecule has 0 spiro atoms. The lowest BCUT2D eigenvalue weighted by atomic mass is 10.2. The van der Waals surface area contributed by atoms with Crippen molar-refractivity contribution in [2.24, 2.45) is 5.92 Å². The first kappa shape index (κ1) is 16.5. The molecule has 0 aromatic heterocycles. The predicted molar refractivity (Wildman–Crippen MR) is 83.2 cm³/mol. The number of aliphatic hydroxyl groups excluding tert-OH is 1. The summed E-state index contributed by atoms with van der Waals surface area (Å²) in [5.41, 5.74) is 0.968. The van der Waals surface area contributed by atoms with Crippen LogP contribution in [-0.2, 0) is 6.61 Å². The van der Waals surface area contributed by atoms with Gasteiger partial charge in [-0.15, -0.1) is 0 Å². The van der Waals surface area contributed by atoms with Gasteiger partial charge in [-0.1, -0.05) is 26.0 Å². The van der Waals surface area contributed by atoms with Crippen molar-refractivity contribution < 1.29 is 5.11 Å². The maximum atomic E-state index is 9.05. The summed E-state index contributed by atoms with van der Waals surface area (Å²) in [7, 11) is 1.99. The lowest BCUT2D eigenvalue weighted by molar-refractivity contribution is 0.282. The largest absolute Gasteiger partial charge is 0.392 e. The van der Waals surface area contributed by atoms with Crippen molar-refractivity contribution in [3.05, 3.63) is 29.8 Å². The van der Waals surface area contributed by atoms with Crippen LogP contribution in [0, 0.1) is 5.92 Å². The number of nitrogens with zero attached hydrogens (tertiary/aromatic N) is 1. The van der Waals surface area contributed by atoms with Gasteiger partial charge in [0.25, 0.3) is 0 Å². The highest BCUT2D eigenvalue weighted by atomic mass is 32.2. The van der Waals surface area contributed by atoms with E-state index in [2.05, 4.69) is 35.6 Å². The van der Waals surface area contributed by atoms with E-state index in [-0.39, 0.29) is 6.61 Å². The van der Waals surface area contributed by atoms with E-state index >= 15 is 0 Å². The summed E-state index contributed by atoms with van der Waals surface area (Å²) in [5, 5.41) is 12.2. The second kappa shape index (κ2) is 9.37. The smallest absolute Gasteiger partial charge is 0.0681 e. The van der Waals surface area contributed by atoms with E-state index in [4.69, 9.17) is 5.11 Å². The zero-order valence-corrected chi connectivity index (χ0v) is 13.0. The van der Waals surface area contributed by atoms with Crippen LogP contribution in [0.1, 0.15) is 25.8 Å². The quantitative estimate of drug-likeness (QED) is 0.539. The van der Waals surface area contributed by atoms with E-state index in [0.29, 0.717) is 5.92 Å². The summed E-state index contributed by atoms with van der Waals surface area (Å²) in [6.07, 6.45) is 1.16. The van der Waals surface area contributed by atoms with Gasteiger partial charge >= 0.3 is 0 Å². The fraction of sp³-hybridized carbons (Fsp3) is 0.600. The molecule has 4 heteroatoms. The summed E-state index contributed by atoms with van der Waals surface area (Å²) in [5.74, 6) is 0.666. The maximum absolute atomic E-state index is 9.05. The first-order valence-electron chi connectivity index (χ1n) is 6.93. The fourth-order valence-electron chi connectivity index (χ4n) is 1.82. The molecule has 1 aromatic rings. The number of aliphatic hydroxyl groups is 1. The molecule has 1 rings (SSSR count). The van der Waals surface area contributed by atoms with E-state index in [1.165, 1.54) is 4.90 Å². The van der Waals surface area contributed by atoms with E-state index in [0.717, 1.165) is 31.6 Å². The van der Waals surface area contributed by atoms with Gasteiger partial charge in [-0.05, 0) is 55.6 Å². The maximum Gasteiger partial charge on any atom is 0.0681 e. The average Bonchev–Trinajstić information content (AvgIpc) is 2.39. The first-order chi connectivity index (χ1) is 9.15. The summed E-state index contributed by atoms with van der Waals surface area (Å²) in [6.45, 7) is 7.85. The van der Waals surface area contributed by atoms with Crippen molar-refractivity contribution in [2.45, 2.75) is 31.8 Å². The minimum absolute atomic E-state index is 0.114. The highest BCUT2D eigenvalue weighted by Gasteiger charge is 2.09. The van der Waals surface area contributed by atoms with Crippen LogP contribution >= 0.6 is 11.9 Å². The molecule has 0 aliphatic heterocycles. The molecule has 0 aliphatic carbocycles. The van der Waals surface area contributed by atoms with Crippen LogP contribution in [0.5, 0.6) is 0 Å². The molecule has 0 unspecified atom stereocenters. The van der Waals surface area contributed by atoms with Crippen molar-refractivity contribution in [1.82, 2.24) is 9.62 Å². The predicted octanol–water partition coefficient (Wildman–Crippen LogP) is 2.75. The molecule has 0 atom stereocenters. The molecule has 1 aromatic carbocycles. The van der Waals surface area contributed by atoms with Gasteiger partial charge in [0.2, 0.25) is 0 Å². The third-order valence-electron chi connectivity index (χ3n) is 2.74. The van der Waals surface area contributed by atoms with E-state index in [1.54, 1.807) is 0 Å². The Balaban J connectivity index is 2.53. The molecule has 0 fully saturated rings. The third-order valence-corrected chi connectivity index (χ3v) is 3.82. The zero-order chi connectivity index (χ0) is 14.1. The molecular formula is C15H26N2OS. The SMILES string of the molecule is CNCCCN(CC(C)C)Sc1ccc(CO)cc1. The molecule has 0 aliphatic rings. The zero-order valence-electron chi connectivity index (χ0n) is 12.2. The number of rotatable bonds is 9. The second-order valence-corrected chi connectivity index (χ2v) is 6.30. The number of hydrogen-bond donors (Lipinski definition) is 2. The van der Waals surface area contributed by atoms with Gasteiger partial charge in [-0.2, -0.15) is 0 Å². The summed E-state index contributed by atoms with van der Waals surface area (Å²) >= 11 is 1.81. The minimum Gasteiger partial charge on any atom is -0.392 e. The van der Waals surface area contributed by atoms with Gasteiger partial charge in [0.1, 0.15) is 0 Å². The van der Waals surface area contributed by atoms with Crippen molar-refractivity contribution >= 4 is 11.9 Å². The Morgan fingerprint density at radius 2 is 1.95 bits per heavy atom. The van der Waals surface area contributed by atoms with Crippen LogP contribution < -0.4 is 5.32 Å². The summed E-state index contributed by atoms with van der Waals surface area (Å²) < 4.78 is 2.43. The van der Waals surface area contributed by atoms with E-state index in [9.17, 15) is 0 Å². The topological polar surface area (TPSA) is 35.5 Å². The molecule has 0 bridgehead atoms. The van der Waals surface area contributed by atoms with Crippen molar-refractivity contribution in [3.8, 4) is 0 Å². The highest BCUT2D eigenvalue weighted by molar-refractivity contribution is 7.97. The van der Waals surface area contributed by atoms with Gasteiger partial charge in [0.05, 0.1) is 6.61 Å². The average molecular weight is 282 g/mol. The molecule has 2 N–H and O–H groups in total. The monoisotopic (exact) mass is 282 g/mol. The van der Waals surface area contributed by atoms with Crippen LogP contribution in [0.3, 0.4) is 0 Å². The van der Waals surface area contributed by atoms with Crippen molar-refractivity contribution in [3.63, 3.8) is 0 Å². The molecule has 0 saturated heterocycles. The Labute approximate surface area is 121 Å². The molecule has 19 heavy (non-hydrogen) atoms. The van der Waals surface area contributed by atoms with Crippen molar-refractivity contribution in [2.75, 3.05) is 26.7 Å². The van der Waals surface area contributed by atoms with Crippen LogP contribution in [0.15, 0.2) is 29.2 Å².